The third-order valence-corrected chi connectivity index (χ3v) is 3.63. The summed E-state index contributed by atoms with van der Waals surface area (Å²) >= 11 is 1.65. The van der Waals surface area contributed by atoms with Crippen molar-refractivity contribution in [1.29, 1.82) is 0 Å². The van der Waals surface area contributed by atoms with E-state index in [1.54, 1.807) is 18.3 Å². The van der Waals surface area contributed by atoms with Gasteiger partial charge in [0.2, 0.25) is 0 Å². The van der Waals surface area contributed by atoms with E-state index in [1.165, 1.54) is 4.88 Å². The van der Waals surface area contributed by atoms with Gasteiger partial charge in [0.1, 0.15) is 0 Å². The fourth-order valence-corrected chi connectivity index (χ4v) is 2.41. The molecule has 0 radical (unpaired) electrons. The van der Waals surface area contributed by atoms with E-state index in [4.69, 9.17) is 0 Å². The van der Waals surface area contributed by atoms with Gasteiger partial charge in [-0.25, -0.2) is 4.98 Å². The van der Waals surface area contributed by atoms with Crippen LogP contribution in [0.2, 0.25) is 0 Å². The van der Waals surface area contributed by atoms with Gasteiger partial charge >= 0.3 is 0 Å². The van der Waals surface area contributed by atoms with Gasteiger partial charge in [0, 0.05) is 16.1 Å². The molecular weight excluding hydrogens is 232 g/mol. The fourth-order valence-electron chi connectivity index (χ4n) is 1.69. The topological polar surface area (TPSA) is 45.2 Å². The minimum atomic E-state index is -0.457. The highest BCUT2D eigenvalue weighted by atomic mass is 32.1. The lowest BCUT2D eigenvalue weighted by Crippen LogP contribution is -2.03. The number of aromatic nitrogens is 1. The first-order chi connectivity index (χ1) is 8.18. The van der Waals surface area contributed by atoms with Crippen LogP contribution >= 0.6 is 11.3 Å². The zero-order valence-electron chi connectivity index (χ0n) is 9.97. The number of rotatable bonds is 4. The molecule has 0 spiro atoms. The van der Waals surface area contributed by atoms with Crippen LogP contribution in [0.5, 0.6) is 0 Å². The minimum absolute atomic E-state index is 0.457. The molecule has 0 fully saturated rings. The molecule has 1 heterocycles. The van der Waals surface area contributed by atoms with Crippen molar-refractivity contribution in [2.24, 2.45) is 0 Å². The highest BCUT2D eigenvalue weighted by Crippen LogP contribution is 2.23. The Labute approximate surface area is 105 Å². The number of anilines is 1. The van der Waals surface area contributed by atoms with Gasteiger partial charge in [-0.3, -0.25) is 0 Å². The number of nitrogens with zero attached hydrogens (tertiary/aromatic N) is 1. The molecule has 17 heavy (non-hydrogen) atoms. The SMILES string of the molecule is Cc1ncsc1CNc1ccccc1C(C)O. The van der Waals surface area contributed by atoms with Gasteiger partial charge in [-0.1, -0.05) is 18.2 Å². The summed E-state index contributed by atoms with van der Waals surface area (Å²) in [7, 11) is 0. The Balaban J connectivity index is 2.11. The second kappa shape index (κ2) is 5.29. The lowest BCUT2D eigenvalue weighted by atomic mass is 10.1. The Morgan fingerprint density at radius 1 is 1.41 bits per heavy atom. The summed E-state index contributed by atoms with van der Waals surface area (Å²) in [6.45, 7) is 4.53. The Morgan fingerprint density at radius 3 is 2.82 bits per heavy atom. The molecule has 0 aliphatic carbocycles. The molecule has 0 bridgehead atoms. The van der Waals surface area contributed by atoms with Crippen molar-refractivity contribution in [1.82, 2.24) is 4.98 Å². The van der Waals surface area contributed by atoms with Crippen molar-refractivity contribution in [3.63, 3.8) is 0 Å². The third kappa shape index (κ3) is 2.84. The zero-order chi connectivity index (χ0) is 12.3. The van der Waals surface area contributed by atoms with Gasteiger partial charge in [-0.2, -0.15) is 0 Å². The van der Waals surface area contributed by atoms with Gasteiger partial charge in [0.25, 0.3) is 0 Å². The Hall–Kier alpha value is -1.39. The molecule has 2 rings (SSSR count). The van der Waals surface area contributed by atoms with E-state index in [2.05, 4.69) is 10.3 Å². The first-order valence-electron chi connectivity index (χ1n) is 5.58. The van der Waals surface area contributed by atoms with Crippen LogP contribution in [0.1, 0.15) is 29.2 Å². The maximum atomic E-state index is 9.67. The summed E-state index contributed by atoms with van der Waals surface area (Å²) in [6.07, 6.45) is -0.457. The van der Waals surface area contributed by atoms with Crippen molar-refractivity contribution >= 4 is 17.0 Å². The van der Waals surface area contributed by atoms with E-state index in [0.29, 0.717) is 0 Å². The zero-order valence-corrected chi connectivity index (χ0v) is 10.8. The summed E-state index contributed by atoms with van der Waals surface area (Å²) in [5.74, 6) is 0. The van der Waals surface area contributed by atoms with Crippen LogP contribution in [0.4, 0.5) is 5.69 Å². The maximum absolute atomic E-state index is 9.67. The van der Waals surface area contributed by atoms with Gasteiger partial charge in [0.05, 0.1) is 23.9 Å². The van der Waals surface area contributed by atoms with Crippen LogP contribution in [-0.4, -0.2) is 10.1 Å². The second-order valence-electron chi connectivity index (χ2n) is 3.98. The minimum Gasteiger partial charge on any atom is -0.389 e. The van der Waals surface area contributed by atoms with Crippen LogP contribution < -0.4 is 5.32 Å². The number of aliphatic hydroxyl groups excluding tert-OH is 1. The quantitative estimate of drug-likeness (QED) is 0.873. The largest absolute Gasteiger partial charge is 0.389 e. The van der Waals surface area contributed by atoms with Gasteiger partial charge < -0.3 is 10.4 Å². The summed E-state index contributed by atoms with van der Waals surface area (Å²) in [5.41, 5.74) is 4.83. The van der Waals surface area contributed by atoms with Gasteiger partial charge in [-0.05, 0) is 19.9 Å². The van der Waals surface area contributed by atoms with E-state index >= 15 is 0 Å². The number of aryl methyl sites for hydroxylation is 1. The Bertz CT molecular complexity index is 494. The van der Waals surface area contributed by atoms with Crippen molar-refractivity contribution < 1.29 is 5.11 Å². The number of benzene rings is 1. The molecule has 0 aliphatic rings. The van der Waals surface area contributed by atoms with Crippen molar-refractivity contribution in [3.8, 4) is 0 Å². The number of thiazole rings is 1. The van der Waals surface area contributed by atoms with Crippen LogP contribution in [0.3, 0.4) is 0 Å². The Kier molecular flexibility index (Phi) is 3.76. The van der Waals surface area contributed by atoms with Crippen LogP contribution in [0, 0.1) is 6.92 Å². The van der Waals surface area contributed by atoms with Crippen LogP contribution in [0.25, 0.3) is 0 Å². The molecule has 0 aliphatic heterocycles. The fraction of sp³-hybridized carbons (Fsp3) is 0.308. The lowest BCUT2D eigenvalue weighted by Gasteiger charge is -2.13. The number of para-hydroxylation sites is 1. The molecule has 4 heteroatoms. The number of hydrogen-bond donors (Lipinski definition) is 2. The highest BCUT2D eigenvalue weighted by molar-refractivity contribution is 7.09. The first kappa shape index (κ1) is 12.1. The molecule has 0 amide bonds. The molecule has 1 aromatic carbocycles. The van der Waals surface area contributed by atoms with Crippen molar-refractivity contribution in [2.45, 2.75) is 26.5 Å². The number of hydrogen-bond acceptors (Lipinski definition) is 4. The lowest BCUT2D eigenvalue weighted by molar-refractivity contribution is 0.200. The van der Waals surface area contributed by atoms with E-state index < -0.39 is 6.10 Å². The van der Waals surface area contributed by atoms with Gasteiger partial charge in [-0.15, -0.1) is 11.3 Å². The molecule has 2 N–H and O–H groups in total. The van der Waals surface area contributed by atoms with Crippen LogP contribution in [-0.2, 0) is 6.54 Å². The molecule has 0 saturated carbocycles. The molecule has 2 aromatic rings. The molecular formula is C13H16N2OS. The molecule has 0 saturated heterocycles. The van der Waals surface area contributed by atoms with E-state index in [1.807, 2.05) is 36.7 Å². The molecule has 1 unspecified atom stereocenters. The molecule has 1 aromatic heterocycles. The smallest absolute Gasteiger partial charge is 0.0798 e. The van der Waals surface area contributed by atoms with Crippen LogP contribution in [0.15, 0.2) is 29.8 Å². The number of aliphatic hydroxyl groups is 1. The van der Waals surface area contributed by atoms with E-state index in [0.717, 1.165) is 23.5 Å². The highest BCUT2D eigenvalue weighted by Gasteiger charge is 2.07. The predicted molar refractivity (Wildman–Crippen MR) is 71.3 cm³/mol. The standard InChI is InChI=1S/C13H16N2OS/c1-9-13(17-8-15-9)7-14-12-6-4-3-5-11(12)10(2)16/h3-6,8,10,14,16H,7H2,1-2H3. The monoisotopic (exact) mass is 248 g/mol. The Morgan fingerprint density at radius 2 is 2.18 bits per heavy atom. The third-order valence-electron chi connectivity index (χ3n) is 2.70. The summed E-state index contributed by atoms with van der Waals surface area (Å²) in [4.78, 5) is 5.44. The number of nitrogens with one attached hydrogen (secondary N) is 1. The summed E-state index contributed by atoms with van der Waals surface area (Å²) < 4.78 is 0. The molecule has 1 atom stereocenters. The van der Waals surface area contributed by atoms with E-state index in [-0.39, 0.29) is 0 Å². The molecule has 3 nitrogen and oxygen atoms in total. The predicted octanol–water partition coefficient (Wildman–Crippen LogP) is 3.12. The van der Waals surface area contributed by atoms with Crippen molar-refractivity contribution in [2.75, 3.05) is 5.32 Å². The first-order valence-corrected chi connectivity index (χ1v) is 6.46. The summed E-state index contributed by atoms with van der Waals surface area (Å²) in [6, 6.07) is 7.82. The maximum Gasteiger partial charge on any atom is 0.0798 e. The molecule has 90 valence electrons. The van der Waals surface area contributed by atoms with Gasteiger partial charge in [0.15, 0.2) is 0 Å². The average Bonchev–Trinajstić information content (AvgIpc) is 2.72. The second-order valence-corrected chi connectivity index (χ2v) is 4.92. The summed E-state index contributed by atoms with van der Waals surface area (Å²) in [5, 5.41) is 13.0. The van der Waals surface area contributed by atoms with E-state index in [9.17, 15) is 5.11 Å². The normalized spacial score (nSPS) is 12.4. The average molecular weight is 248 g/mol. The van der Waals surface area contributed by atoms with Crippen molar-refractivity contribution in [3.05, 3.63) is 45.9 Å².